The fourth-order valence-electron chi connectivity index (χ4n) is 2.19. The van der Waals surface area contributed by atoms with E-state index >= 15 is 0 Å². The first kappa shape index (κ1) is 13.9. The van der Waals surface area contributed by atoms with Crippen molar-refractivity contribution < 1.29 is 8.78 Å². The average molecular weight is 277 g/mol. The van der Waals surface area contributed by atoms with Crippen molar-refractivity contribution in [2.45, 2.75) is 26.6 Å². The van der Waals surface area contributed by atoms with Gasteiger partial charge < -0.3 is 0 Å². The van der Waals surface area contributed by atoms with Crippen LogP contribution in [0.25, 0.3) is 11.3 Å². The van der Waals surface area contributed by atoms with Crippen molar-refractivity contribution in [1.82, 2.24) is 4.98 Å². The third kappa shape index (κ3) is 2.58. The van der Waals surface area contributed by atoms with Gasteiger partial charge in [0.05, 0.1) is 13.8 Å². The Balaban J connectivity index is 2.72. The van der Waals surface area contributed by atoms with Gasteiger partial charge in [-0.1, -0.05) is 25.7 Å². The first-order valence-electron chi connectivity index (χ1n) is 6.23. The van der Waals surface area contributed by atoms with Crippen LogP contribution in [0.1, 0.15) is 5.56 Å². The van der Waals surface area contributed by atoms with E-state index in [2.05, 4.69) is 4.98 Å². The minimum atomic E-state index is -2.08. The summed E-state index contributed by atoms with van der Waals surface area (Å²) in [5, 5.41) is 0.245. The fraction of sp³-hybridized carbons (Fsp3) is 0.267. The molecular formula is C15H17F2NSi. The molecule has 0 amide bonds. The summed E-state index contributed by atoms with van der Waals surface area (Å²) in [7, 11) is -2.08. The van der Waals surface area contributed by atoms with Crippen LogP contribution in [0.5, 0.6) is 0 Å². The molecule has 4 heteroatoms. The van der Waals surface area contributed by atoms with Crippen LogP contribution in [0.4, 0.5) is 8.78 Å². The second-order valence-electron chi connectivity index (χ2n) is 5.70. The molecule has 2 aromatic rings. The summed E-state index contributed by atoms with van der Waals surface area (Å²) in [6, 6.07) is 6.50. The van der Waals surface area contributed by atoms with E-state index in [1.54, 1.807) is 12.3 Å². The first-order valence-corrected chi connectivity index (χ1v) is 9.73. The standard InChI is InChI=1S/C15H17F2NSi/c1-10-6-5-9-18-14(10)11-7-8-12(16)15(13(11)17)19(2,3)4/h5-9H,1-4H3. The van der Waals surface area contributed by atoms with Crippen LogP contribution in [0.3, 0.4) is 0 Å². The van der Waals surface area contributed by atoms with Crippen LogP contribution in [-0.4, -0.2) is 13.1 Å². The van der Waals surface area contributed by atoms with Crippen LogP contribution in [0.15, 0.2) is 30.5 Å². The number of aryl methyl sites for hydroxylation is 1. The van der Waals surface area contributed by atoms with Crippen molar-refractivity contribution in [2.75, 3.05) is 0 Å². The second-order valence-corrected chi connectivity index (χ2v) is 10.7. The third-order valence-electron chi connectivity index (χ3n) is 3.11. The Kier molecular flexibility index (Phi) is 3.54. The average Bonchev–Trinajstić information content (AvgIpc) is 2.29. The summed E-state index contributed by atoms with van der Waals surface area (Å²) in [5.74, 6) is -0.907. The lowest BCUT2D eigenvalue weighted by molar-refractivity contribution is 0.598. The molecule has 1 heterocycles. The SMILES string of the molecule is Cc1cccnc1-c1ccc(F)c([Si](C)(C)C)c1F. The van der Waals surface area contributed by atoms with Crippen LogP contribution in [0, 0.1) is 18.6 Å². The molecule has 1 aromatic heterocycles. The lowest BCUT2D eigenvalue weighted by Gasteiger charge is -2.20. The molecule has 100 valence electrons. The number of aromatic nitrogens is 1. The Morgan fingerprint density at radius 1 is 1.05 bits per heavy atom. The Hall–Kier alpha value is -1.55. The van der Waals surface area contributed by atoms with Crippen LogP contribution in [0.2, 0.25) is 19.6 Å². The van der Waals surface area contributed by atoms with E-state index < -0.39 is 19.7 Å². The molecule has 0 saturated carbocycles. The van der Waals surface area contributed by atoms with E-state index in [0.29, 0.717) is 11.3 Å². The van der Waals surface area contributed by atoms with Crippen molar-refractivity contribution in [1.29, 1.82) is 0 Å². The molecule has 2 rings (SSSR count). The van der Waals surface area contributed by atoms with Crippen molar-refractivity contribution in [3.63, 3.8) is 0 Å². The van der Waals surface area contributed by atoms with Gasteiger partial charge in [-0.05, 0) is 30.7 Å². The normalized spacial score (nSPS) is 11.7. The van der Waals surface area contributed by atoms with Crippen LogP contribution >= 0.6 is 0 Å². The van der Waals surface area contributed by atoms with Gasteiger partial charge in [-0.2, -0.15) is 0 Å². The molecule has 0 atom stereocenters. The van der Waals surface area contributed by atoms with Crippen molar-refractivity contribution in [3.05, 3.63) is 47.7 Å². The molecule has 0 aliphatic rings. The number of rotatable bonds is 2. The molecule has 1 aromatic carbocycles. The van der Waals surface area contributed by atoms with Crippen LogP contribution in [-0.2, 0) is 0 Å². The highest BCUT2D eigenvalue weighted by molar-refractivity contribution is 6.88. The van der Waals surface area contributed by atoms with E-state index in [0.717, 1.165) is 5.56 Å². The fourth-order valence-corrected chi connectivity index (χ4v) is 3.78. The maximum absolute atomic E-state index is 14.6. The van der Waals surface area contributed by atoms with E-state index in [-0.39, 0.29) is 5.19 Å². The highest BCUT2D eigenvalue weighted by atomic mass is 28.3. The Morgan fingerprint density at radius 3 is 2.32 bits per heavy atom. The molecule has 0 radical (unpaired) electrons. The molecule has 0 bridgehead atoms. The van der Waals surface area contributed by atoms with Gasteiger partial charge in [-0.15, -0.1) is 0 Å². The molecule has 0 spiro atoms. The minimum Gasteiger partial charge on any atom is -0.256 e. The van der Waals surface area contributed by atoms with Gasteiger partial charge in [0.1, 0.15) is 11.6 Å². The van der Waals surface area contributed by atoms with Gasteiger partial charge in [-0.3, -0.25) is 4.98 Å². The molecule has 0 N–H and O–H groups in total. The quantitative estimate of drug-likeness (QED) is 0.759. The number of pyridine rings is 1. The van der Waals surface area contributed by atoms with Crippen molar-refractivity contribution in [3.8, 4) is 11.3 Å². The lowest BCUT2D eigenvalue weighted by atomic mass is 10.1. The van der Waals surface area contributed by atoms with Gasteiger partial charge in [0.15, 0.2) is 0 Å². The number of benzene rings is 1. The highest BCUT2D eigenvalue weighted by Crippen LogP contribution is 2.25. The van der Waals surface area contributed by atoms with E-state index in [1.165, 1.54) is 12.1 Å². The maximum atomic E-state index is 14.6. The molecule has 19 heavy (non-hydrogen) atoms. The monoisotopic (exact) mass is 277 g/mol. The molecule has 0 fully saturated rings. The maximum Gasteiger partial charge on any atom is 0.134 e. The number of hydrogen-bond donors (Lipinski definition) is 0. The first-order chi connectivity index (χ1) is 8.82. The van der Waals surface area contributed by atoms with Gasteiger partial charge in [0.25, 0.3) is 0 Å². The zero-order chi connectivity index (χ0) is 14.2. The Morgan fingerprint density at radius 2 is 1.74 bits per heavy atom. The summed E-state index contributed by atoms with van der Waals surface area (Å²) >= 11 is 0. The van der Waals surface area contributed by atoms with Gasteiger partial charge in [0, 0.05) is 16.9 Å². The summed E-state index contributed by atoms with van der Waals surface area (Å²) in [4.78, 5) is 4.22. The molecule has 1 nitrogen and oxygen atoms in total. The van der Waals surface area contributed by atoms with E-state index in [9.17, 15) is 8.78 Å². The van der Waals surface area contributed by atoms with Gasteiger partial charge in [0.2, 0.25) is 0 Å². The lowest BCUT2D eigenvalue weighted by Crippen LogP contribution is -2.42. The van der Waals surface area contributed by atoms with Crippen LogP contribution < -0.4 is 5.19 Å². The third-order valence-corrected chi connectivity index (χ3v) is 5.06. The predicted molar refractivity (Wildman–Crippen MR) is 77.3 cm³/mol. The van der Waals surface area contributed by atoms with Gasteiger partial charge in [-0.25, -0.2) is 8.78 Å². The Bertz CT molecular complexity index is 618. The number of halogens is 2. The van der Waals surface area contributed by atoms with E-state index in [4.69, 9.17) is 0 Å². The summed E-state index contributed by atoms with van der Waals surface area (Å²) in [5.41, 5.74) is 1.85. The Labute approximate surface area is 113 Å². The van der Waals surface area contributed by atoms with Gasteiger partial charge >= 0.3 is 0 Å². The highest BCUT2D eigenvalue weighted by Gasteiger charge is 2.27. The number of nitrogens with zero attached hydrogens (tertiary/aromatic N) is 1. The number of hydrogen-bond acceptors (Lipinski definition) is 1. The minimum absolute atomic E-state index is 0.245. The largest absolute Gasteiger partial charge is 0.256 e. The van der Waals surface area contributed by atoms with Crippen molar-refractivity contribution in [2.24, 2.45) is 0 Å². The van der Waals surface area contributed by atoms with Crippen molar-refractivity contribution >= 4 is 13.3 Å². The smallest absolute Gasteiger partial charge is 0.134 e. The summed E-state index contributed by atoms with van der Waals surface area (Å²) in [6.07, 6.45) is 1.62. The molecule has 0 unspecified atom stereocenters. The molecule has 0 aliphatic carbocycles. The summed E-state index contributed by atoms with van der Waals surface area (Å²) in [6.45, 7) is 7.68. The second kappa shape index (κ2) is 4.85. The molecule has 0 saturated heterocycles. The predicted octanol–water partition coefficient (Wildman–Crippen LogP) is 3.88. The van der Waals surface area contributed by atoms with E-state index in [1.807, 2.05) is 32.6 Å². The zero-order valence-corrected chi connectivity index (χ0v) is 12.6. The summed E-state index contributed by atoms with van der Waals surface area (Å²) < 4.78 is 28.6. The molecule has 0 aliphatic heterocycles. The molecular weight excluding hydrogens is 260 g/mol. The zero-order valence-electron chi connectivity index (χ0n) is 11.6. The topological polar surface area (TPSA) is 12.9 Å².